The van der Waals surface area contributed by atoms with Gasteiger partial charge in [-0.3, -0.25) is 0 Å². The topological polar surface area (TPSA) is 27.6 Å². The molecule has 0 bridgehead atoms. The quantitative estimate of drug-likeness (QED) is 0.186. The Kier molecular flexibility index (Phi) is 7.42. The summed E-state index contributed by atoms with van der Waals surface area (Å²) in [4.78, 5) is 7.40. The Morgan fingerprint density at radius 1 is 0.595 bits per heavy atom. The van der Waals surface area contributed by atoms with E-state index >= 15 is 0 Å². The lowest BCUT2D eigenvalue weighted by molar-refractivity contribution is 1.10. The van der Waals surface area contributed by atoms with Crippen molar-refractivity contribution in [3.8, 4) is 22.3 Å². The largest absolute Gasteiger partial charge is 0.377 e. The summed E-state index contributed by atoms with van der Waals surface area (Å²) in [5.41, 5.74) is 8.95. The minimum atomic E-state index is 0.667. The van der Waals surface area contributed by atoms with Crippen molar-refractivity contribution in [2.24, 2.45) is 4.99 Å². The van der Waals surface area contributed by atoms with Crippen LogP contribution in [0.15, 0.2) is 138 Å². The van der Waals surface area contributed by atoms with Crippen molar-refractivity contribution in [2.45, 2.75) is 6.42 Å². The maximum absolute atomic E-state index is 5.25. The molecule has 0 fully saturated rings. The summed E-state index contributed by atoms with van der Waals surface area (Å²) >= 11 is 0. The summed E-state index contributed by atoms with van der Waals surface area (Å²) in [6.07, 6.45) is 0.667. The van der Waals surface area contributed by atoms with Gasteiger partial charge >= 0.3 is 0 Å². The molecule has 5 rings (SSSR count). The fraction of sp³-hybridized carbons (Fsp3) is 0.0882. The fourth-order valence-corrected chi connectivity index (χ4v) is 4.58. The summed E-state index contributed by atoms with van der Waals surface area (Å²) in [5, 5.41) is 3.72. The second-order valence-corrected chi connectivity index (χ2v) is 9.18. The highest BCUT2D eigenvalue weighted by Gasteiger charge is 2.13. The Morgan fingerprint density at radius 2 is 1.14 bits per heavy atom. The molecule has 0 saturated heterocycles. The van der Waals surface area contributed by atoms with E-state index in [9.17, 15) is 0 Å². The molecule has 0 heterocycles. The third kappa shape index (κ3) is 5.79. The first kappa shape index (κ1) is 24.1. The number of rotatable bonds is 7. The second kappa shape index (κ2) is 11.4. The monoisotopic (exact) mass is 481 g/mol. The van der Waals surface area contributed by atoms with Gasteiger partial charge < -0.3 is 10.2 Å². The number of para-hydroxylation sites is 3. The number of nitrogens with zero attached hydrogens (tertiary/aromatic N) is 2. The number of nitrogens with one attached hydrogen (secondary N) is 1. The zero-order valence-corrected chi connectivity index (χ0v) is 21.3. The molecule has 0 unspecified atom stereocenters. The summed E-state index contributed by atoms with van der Waals surface area (Å²) in [6, 6.07) is 46.2. The lowest BCUT2D eigenvalue weighted by Crippen LogP contribution is -2.18. The van der Waals surface area contributed by atoms with Crippen LogP contribution in [-0.4, -0.2) is 19.9 Å². The molecule has 37 heavy (non-hydrogen) atoms. The first-order valence-corrected chi connectivity index (χ1v) is 12.6. The van der Waals surface area contributed by atoms with Crippen LogP contribution in [0.3, 0.4) is 0 Å². The third-order valence-corrected chi connectivity index (χ3v) is 6.37. The predicted molar refractivity (Wildman–Crippen MR) is 159 cm³/mol. The van der Waals surface area contributed by atoms with Crippen molar-refractivity contribution in [3.05, 3.63) is 139 Å². The standard InChI is InChI=1S/C34H31N3/c1-37(2)33-24-14-9-19-28(33)25-34(35-31-22-12-10-20-29(31)26-15-5-3-6-16-26)36-32-23-13-11-21-30(32)27-17-7-4-8-18-27/h3-24H,25H2,1-2H3,(H,35,36). The normalized spacial score (nSPS) is 11.2. The lowest BCUT2D eigenvalue weighted by Gasteiger charge is -2.20. The molecule has 0 aliphatic heterocycles. The van der Waals surface area contributed by atoms with Crippen molar-refractivity contribution in [1.82, 2.24) is 0 Å². The van der Waals surface area contributed by atoms with Gasteiger partial charge in [-0.1, -0.05) is 115 Å². The van der Waals surface area contributed by atoms with E-state index in [-0.39, 0.29) is 0 Å². The third-order valence-electron chi connectivity index (χ3n) is 6.37. The number of benzene rings is 5. The van der Waals surface area contributed by atoms with Crippen LogP contribution in [0, 0.1) is 0 Å². The molecule has 3 heteroatoms. The molecular formula is C34H31N3. The highest BCUT2D eigenvalue weighted by Crippen LogP contribution is 2.32. The van der Waals surface area contributed by atoms with Crippen LogP contribution in [0.5, 0.6) is 0 Å². The fourth-order valence-electron chi connectivity index (χ4n) is 4.58. The molecule has 3 nitrogen and oxygen atoms in total. The van der Waals surface area contributed by atoms with Crippen LogP contribution < -0.4 is 10.2 Å². The van der Waals surface area contributed by atoms with Crippen molar-refractivity contribution in [3.63, 3.8) is 0 Å². The molecule has 0 saturated carbocycles. The van der Waals surface area contributed by atoms with Gasteiger partial charge in [-0.2, -0.15) is 0 Å². The predicted octanol–water partition coefficient (Wildman–Crippen LogP) is 8.47. The molecule has 182 valence electrons. The Morgan fingerprint density at radius 3 is 1.84 bits per heavy atom. The zero-order chi connectivity index (χ0) is 25.5. The van der Waals surface area contributed by atoms with Crippen molar-refractivity contribution in [1.29, 1.82) is 0 Å². The van der Waals surface area contributed by atoms with Gasteiger partial charge in [0.1, 0.15) is 5.84 Å². The van der Waals surface area contributed by atoms with Gasteiger partial charge in [-0.25, -0.2) is 4.99 Å². The first-order valence-electron chi connectivity index (χ1n) is 12.6. The molecule has 0 radical (unpaired) electrons. The van der Waals surface area contributed by atoms with Gasteiger partial charge in [0.05, 0.1) is 5.69 Å². The van der Waals surface area contributed by atoms with Crippen LogP contribution in [0.4, 0.5) is 17.1 Å². The van der Waals surface area contributed by atoms with Gasteiger partial charge in [0.15, 0.2) is 0 Å². The highest BCUT2D eigenvalue weighted by molar-refractivity contribution is 6.02. The van der Waals surface area contributed by atoms with E-state index in [1.165, 1.54) is 16.8 Å². The minimum absolute atomic E-state index is 0.667. The number of hydrogen-bond acceptors (Lipinski definition) is 2. The second-order valence-electron chi connectivity index (χ2n) is 9.18. The number of amidine groups is 1. The highest BCUT2D eigenvalue weighted by atomic mass is 15.1. The maximum atomic E-state index is 5.25. The summed E-state index contributed by atoms with van der Waals surface area (Å²) in [7, 11) is 4.16. The van der Waals surface area contributed by atoms with Crippen LogP contribution in [0.1, 0.15) is 5.56 Å². The van der Waals surface area contributed by atoms with E-state index in [4.69, 9.17) is 4.99 Å². The van der Waals surface area contributed by atoms with Gasteiger partial charge in [-0.05, 0) is 34.9 Å². The molecule has 0 aliphatic rings. The average Bonchev–Trinajstić information content (AvgIpc) is 2.95. The van der Waals surface area contributed by atoms with E-state index in [2.05, 4.69) is 146 Å². The van der Waals surface area contributed by atoms with Crippen molar-refractivity contribution >= 4 is 22.9 Å². The molecule has 0 aliphatic carbocycles. The first-order chi connectivity index (χ1) is 18.2. The average molecular weight is 482 g/mol. The van der Waals surface area contributed by atoms with E-state index in [0.717, 1.165) is 33.9 Å². The van der Waals surface area contributed by atoms with E-state index < -0.39 is 0 Å². The van der Waals surface area contributed by atoms with E-state index in [0.29, 0.717) is 6.42 Å². The zero-order valence-electron chi connectivity index (χ0n) is 21.3. The van der Waals surface area contributed by atoms with E-state index in [1.807, 2.05) is 12.1 Å². The van der Waals surface area contributed by atoms with Crippen molar-refractivity contribution in [2.75, 3.05) is 24.3 Å². The van der Waals surface area contributed by atoms with Gasteiger partial charge in [-0.15, -0.1) is 0 Å². The Labute approximate surface area is 219 Å². The molecule has 5 aromatic rings. The molecule has 0 aromatic heterocycles. The molecule has 0 spiro atoms. The summed E-state index contributed by atoms with van der Waals surface area (Å²) < 4.78 is 0. The Balaban J connectivity index is 1.61. The van der Waals surface area contributed by atoms with Crippen molar-refractivity contribution < 1.29 is 0 Å². The molecule has 0 atom stereocenters. The SMILES string of the molecule is CN(C)c1ccccc1CC(=Nc1ccccc1-c1ccccc1)Nc1ccccc1-c1ccccc1. The van der Waals surface area contributed by atoms with Crippen LogP contribution in [0.2, 0.25) is 0 Å². The number of aliphatic imine (C=N–C) groups is 1. The Bertz CT molecular complexity index is 1490. The number of anilines is 2. The maximum Gasteiger partial charge on any atom is 0.111 e. The van der Waals surface area contributed by atoms with Crippen LogP contribution in [-0.2, 0) is 6.42 Å². The van der Waals surface area contributed by atoms with Gasteiger partial charge in [0, 0.05) is 43.0 Å². The van der Waals surface area contributed by atoms with Crippen LogP contribution >= 0.6 is 0 Å². The van der Waals surface area contributed by atoms with Crippen LogP contribution in [0.25, 0.3) is 22.3 Å². The number of hydrogen-bond donors (Lipinski definition) is 1. The minimum Gasteiger partial charge on any atom is -0.377 e. The summed E-state index contributed by atoms with van der Waals surface area (Å²) in [5.74, 6) is 0.890. The molecule has 5 aromatic carbocycles. The van der Waals surface area contributed by atoms with E-state index in [1.54, 1.807) is 0 Å². The Hall–Kier alpha value is -4.63. The van der Waals surface area contributed by atoms with Gasteiger partial charge in [0.2, 0.25) is 0 Å². The smallest absolute Gasteiger partial charge is 0.111 e. The van der Waals surface area contributed by atoms with Gasteiger partial charge in [0.25, 0.3) is 0 Å². The molecule has 1 N–H and O–H groups in total. The summed E-state index contributed by atoms with van der Waals surface area (Å²) in [6.45, 7) is 0. The molecular weight excluding hydrogens is 450 g/mol. The molecule has 0 amide bonds. The lowest BCUT2D eigenvalue weighted by atomic mass is 10.0.